The Morgan fingerprint density at radius 3 is 2.53 bits per heavy atom. The summed E-state index contributed by atoms with van der Waals surface area (Å²) in [5.41, 5.74) is 2.73. The molecular weight excluding hydrogens is 190 g/mol. The lowest BCUT2D eigenvalue weighted by Crippen LogP contribution is -1.97. The lowest BCUT2D eigenvalue weighted by Gasteiger charge is -1.96. The molecule has 15 heavy (non-hydrogen) atoms. The number of pyridine rings is 1. The van der Waals surface area contributed by atoms with E-state index in [9.17, 15) is 4.79 Å². The van der Waals surface area contributed by atoms with Gasteiger partial charge in [-0.25, -0.2) is 0 Å². The second kappa shape index (κ2) is 5.16. The molecule has 0 amide bonds. The fraction of sp³-hybridized carbons (Fsp3) is 0.333. The van der Waals surface area contributed by atoms with Crippen LogP contribution < -0.4 is 0 Å². The van der Waals surface area contributed by atoms with Gasteiger partial charge in [0.25, 0.3) is 0 Å². The smallest absolute Gasteiger partial charge is 0.317 e. The second-order valence-electron chi connectivity index (χ2n) is 3.19. The van der Waals surface area contributed by atoms with Crippen molar-refractivity contribution in [1.82, 2.24) is 4.98 Å². The Kier molecular flexibility index (Phi) is 3.87. The molecule has 0 aliphatic carbocycles. The minimum Gasteiger partial charge on any atom is -0.468 e. The van der Waals surface area contributed by atoms with E-state index >= 15 is 0 Å². The monoisotopic (exact) mass is 203 g/mol. The fourth-order valence-electron chi connectivity index (χ4n) is 1.20. The van der Waals surface area contributed by atoms with Gasteiger partial charge < -0.3 is 4.74 Å². The first-order valence-corrected chi connectivity index (χ1v) is 4.63. The summed E-state index contributed by atoms with van der Waals surface area (Å²) in [5.74, 6) is 5.34. The average molecular weight is 203 g/mol. The number of methoxy groups -OCH3 is 1. The molecule has 1 heterocycles. The number of nitrogens with zero attached hydrogens (tertiary/aromatic N) is 1. The van der Waals surface area contributed by atoms with E-state index in [0.29, 0.717) is 0 Å². The molecule has 0 aliphatic heterocycles. The van der Waals surface area contributed by atoms with Crippen molar-refractivity contribution in [3.05, 3.63) is 29.1 Å². The SMILES string of the molecule is COC(=O)CC#Cc1cc(C)nc(C)c1. The van der Waals surface area contributed by atoms with Crippen molar-refractivity contribution < 1.29 is 9.53 Å². The zero-order valence-electron chi connectivity index (χ0n) is 9.13. The van der Waals surface area contributed by atoms with Crippen LogP contribution in [0.15, 0.2) is 12.1 Å². The van der Waals surface area contributed by atoms with Crippen LogP contribution in [0.1, 0.15) is 23.4 Å². The predicted octanol–water partition coefficient (Wildman–Crippen LogP) is 1.61. The molecule has 0 fully saturated rings. The molecule has 0 radical (unpaired) electrons. The molecule has 1 aromatic heterocycles. The third-order valence-electron chi connectivity index (χ3n) is 1.77. The lowest BCUT2D eigenvalue weighted by atomic mass is 10.2. The van der Waals surface area contributed by atoms with Crippen LogP contribution in [-0.4, -0.2) is 18.1 Å². The number of aryl methyl sites for hydroxylation is 2. The Bertz CT molecular complexity index is 407. The Morgan fingerprint density at radius 1 is 1.40 bits per heavy atom. The minimum absolute atomic E-state index is 0.122. The molecule has 78 valence electrons. The van der Waals surface area contributed by atoms with Crippen molar-refractivity contribution in [3.8, 4) is 11.8 Å². The maximum atomic E-state index is 10.8. The summed E-state index contributed by atoms with van der Waals surface area (Å²) >= 11 is 0. The highest BCUT2D eigenvalue weighted by atomic mass is 16.5. The highest BCUT2D eigenvalue weighted by Gasteiger charge is 1.95. The van der Waals surface area contributed by atoms with Crippen LogP contribution >= 0.6 is 0 Å². The maximum absolute atomic E-state index is 10.8. The van der Waals surface area contributed by atoms with Crippen LogP contribution in [0.4, 0.5) is 0 Å². The van der Waals surface area contributed by atoms with Crippen LogP contribution in [0.3, 0.4) is 0 Å². The zero-order valence-corrected chi connectivity index (χ0v) is 9.13. The first kappa shape index (κ1) is 11.3. The molecule has 0 N–H and O–H groups in total. The number of esters is 1. The van der Waals surface area contributed by atoms with Crippen molar-refractivity contribution >= 4 is 5.97 Å². The molecule has 0 saturated heterocycles. The van der Waals surface area contributed by atoms with Crippen LogP contribution in [-0.2, 0) is 9.53 Å². The van der Waals surface area contributed by atoms with E-state index in [2.05, 4.69) is 21.6 Å². The van der Waals surface area contributed by atoms with E-state index in [1.807, 2.05) is 26.0 Å². The third-order valence-corrected chi connectivity index (χ3v) is 1.77. The Morgan fingerprint density at radius 2 is 2.00 bits per heavy atom. The van der Waals surface area contributed by atoms with Gasteiger partial charge in [0.1, 0.15) is 6.42 Å². The average Bonchev–Trinajstić information content (AvgIpc) is 2.16. The number of aromatic nitrogens is 1. The largest absolute Gasteiger partial charge is 0.468 e. The maximum Gasteiger partial charge on any atom is 0.317 e. The number of hydrogen-bond donors (Lipinski definition) is 0. The molecular formula is C12H13NO2. The standard InChI is InChI=1S/C12H13NO2/c1-9-7-11(8-10(2)13-9)5-4-6-12(14)15-3/h7-8H,6H2,1-3H3. The zero-order chi connectivity index (χ0) is 11.3. The van der Waals surface area contributed by atoms with Gasteiger partial charge in [-0.05, 0) is 26.0 Å². The molecule has 0 aromatic carbocycles. The van der Waals surface area contributed by atoms with Gasteiger partial charge in [0.05, 0.1) is 7.11 Å². The van der Waals surface area contributed by atoms with Gasteiger partial charge in [0.2, 0.25) is 0 Å². The Labute approximate surface area is 89.5 Å². The molecule has 0 spiro atoms. The van der Waals surface area contributed by atoms with Crippen LogP contribution in [0.2, 0.25) is 0 Å². The summed E-state index contributed by atoms with van der Waals surface area (Å²) in [5, 5.41) is 0. The molecule has 3 nitrogen and oxygen atoms in total. The number of carbonyl (C=O) groups excluding carboxylic acids is 1. The summed E-state index contributed by atoms with van der Waals surface area (Å²) in [6.07, 6.45) is 0.122. The summed E-state index contributed by atoms with van der Waals surface area (Å²) in [7, 11) is 1.35. The fourth-order valence-corrected chi connectivity index (χ4v) is 1.20. The van der Waals surface area contributed by atoms with Crippen molar-refractivity contribution in [2.75, 3.05) is 7.11 Å². The van der Waals surface area contributed by atoms with Gasteiger partial charge in [-0.1, -0.05) is 11.8 Å². The number of rotatable bonds is 1. The summed E-state index contributed by atoms with van der Waals surface area (Å²) in [6.45, 7) is 3.83. The normalized spacial score (nSPS) is 9.00. The van der Waals surface area contributed by atoms with E-state index in [0.717, 1.165) is 17.0 Å². The minimum atomic E-state index is -0.315. The predicted molar refractivity (Wildman–Crippen MR) is 57.2 cm³/mol. The van der Waals surface area contributed by atoms with Gasteiger partial charge >= 0.3 is 5.97 Å². The number of hydrogen-bond acceptors (Lipinski definition) is 3. The van der Waals surface area contributed by atoms with Gasteiger partial charge in [0.15, 0.2) is 0 Å². The van der Waals surface area contributed by atoms with Crippen molar-refractivity contribution in [2.24, 2.45) is 0 Å². The molecule has 1 rings (SSSR count). The van der Waals surface area contributed by atoms with Gasteiger partial charge in [-0.2, -0.15) is 0 Å². The topological polar surface area (TPSA) is 39.2 Å². The van der Waals surface area contributed by atoms with E-state index < -0.39 is 0 Å². The van der Waals surface area contributed by atoms with Crippen molar-refractivity contribution in [2.45, 2.75) is 20.3 Å². The summed E-state index contributed by atoms with van der Waals surface area (Å²) < 4.78 is 4.48. The summed E-state index contributed by atoms with van der Waals surface area (Å²) in [4.78, 5) is 15.0. The molecule has 0 aliphatic rings. The Balaban J connectivity index is 2.75. The Hall–Kier alpha value is -1.82. The van der Waals surface area contributed by atoms with E-state index in [4.69, 9.17) is 0 Å². The molecule has 0 saturated carbocycles. The van der Waals surface area contributed by atoms with E-state index in [1.165, 1.54) is 7.11 Å². The first-order chi connectivity index (χ1) is 7.11. The van der Waals surface area contributed by atoms with Gasteiger partial charge in [-0.15, -0.1) is 0 Å². The quantitative estimate of drug-likeness (QED) is 0.514. The molecule has 0 bridgehead atoms. The first-order valence-electron chi connectivity index (χ1n) is 4.63. The lowest BCUT2D eigenvalue weighted by molar-refractivity contribution is -0.139. The molecule has 1 aromatic rings. The molecule has 0 atom stereocenters. The summed E-state index contributed by atoms with van der Waals surface area (Å²) in [6, 6.07) is 3.77. The second-order valence-corrected chi connectivity index (χ2v) is 3.19. The van der Waals surface area contributed by atoms with E-state index in [1.54, 1.807) is 0 Å². The van der Waals surface area contributed by atoms with Crippen LogP contribution in [0.25, 0.3) is 0 Å². The molecule has 3 heteroatoms. The van der Waals surface area contributed by atoms with Crippen molar-refractivity contribution in [1.29, 1.82) is 0 Å². The number of ether oxygens (including phenoxy) is 1. The third kappa shape index (κ3) is 3.82. The van der Waals surface area contributed by atoms with E-state index in [-0.39, 0.29) is 12.4 Å². The van der Waals surface area contributed by atoms with Crippen LogP contribution in [0.5, 0.6) is 0 Å². The van der Waals surface area contributed by atoms with Gasteiger partial charge in [-0.3, -0.25) is 9.78 Å². The number of carbonyl (C=O) groups is 1. The molecule has 0 unspecified atom stereocenters. The highest BCUT2D eigenvalue weighted by molar-refractivity contribution is 5.72. The van der Waals surface area contributed by atoms with Crippen LogP contribution in [0, 0.1) is 25.7 Å². The highest BCUT2D eigenvalue weighted by Crippen LogP contribution is 2.03. The van der Waals surface area contributed by atoms with Gasteiger partial charge in [0, 0.05) is 17.0 Å². The van der Waals surface area contributed by atoms with Crippen molar-refractivity contribution in [3.63, 3.8) is 0 Å².